The fourth-order valence-electron chi connectivity index (χ4n) is 1.44. The molecule has 1 aromatic carbocycles. The summed E-state index contributed by atoms with van der Waals surface area (Å²) in [7, 11) is 0. The molecule has 0 radical (unpaired) electrons. The molecule has 3 nitrogen and oxygen atoms in total. The molecule has 1 heterocycles. The highest BCUT2D eigenvalue weighted by Crippen LogP contribution is 2.31. The minimum Gasteiger partial charge on any atom is -0.464 e. The van der Waals surface area contributed by atoms with E-state index in [1.54, 1.807) is 30.5 Å². The first-order valence-electron chi connectivity index (χ1n) is 4.90. The fraction of sp³-hybridized carbons (Fsp3) is 0.0833. The topological polar surface area (TPSA) is 42.2 Å². The highest BCUT2D eigenvalue weighted by Gasteiger charge is 2.10. The maximum Gasteiger partial charge on any atom is 0.235 e. The third kappa shape index (κ3) is 2.90. The van der Waals surface area contributed by atoms with E-state index in [9.17, 15) is 4.79 Å². The maximum atomic E-state index is 11.4. The van der Waals surface area contributed by atoms with Gasteiger partial charge < -0.3 is 9.73 Å². The van der Waals surface area contributed by atoms with E-state index in [0.29, 0.717) is 16.5 Å². The third-order valence-electron chi connectivity index (χ3n) is 2.16. The molecule has 5 heteroatoms. The third-order valence-corrected chi connectivity index (χ3v) is 2.91. The Kier molecular flexibility index (Phi) is 3.86. The Bertz CT molecular complexity index is 525. The van der Waals surface area contributed by atoms with Crippen molar-refractivity contribution in [3.05, 3.63) is 41.6 Å². The standard InChI is InChI=1S/C12H9BrClNO2/c13-7-12(16)15-10-4-3-8(14)6-9(10)11-2-1-5-17-11/h1-6H,7H2,(H,15,16). The number of hydrogen-bond acceptors (Lipinski definition) is 2. The molecular formula is C12H9BrClNO2. The Morgan fingerprint density at radius 3 is 2.88 bits per heavy atom. The number of hydrogen-bond donors (Lipinski definition) is 1. The largest absolute Gasteiger partial charge is 0.464 e. The number of amides is 1. The van der Waals surface area contributed by atoms with Crippen LogP contribution >= 0.6 is 27.5 Å². The summed E-state index contributed by atoms with van der Waals surface area (Å²) in [6.07, 6.45) is 1.58. The van der Waals surface area contributed by atoms with Gasteiger partial charge in [0.2, 0.25) is 5.91 Å². The maximum absolute atomic E-state index is 11.4. The second kappa shape index (κ2) is 5.38. The molecule has 1 amide bonds. The molecule has 0 fully saturated rings. The number of alkyl halides is 1. The van der Waals surface area contributed by atoms with Crippen LogP contribution in [0.25, 0.3) is 11.3 Å². The van der Waals surface area contributed by atoms with Crippen molar-refractivity contribution in [2.75, 3.05) is 10.6 Å². The smallest absolute Gasteiger partial charge is 0.235 e. The second-order valence-electron chi connectivity index (χ2n) is 3.35. The van der Waals surface area contributed by atoms with Crippen molar-refractivity contribution in [2.24, 2.45) is 0 Å². The van der Waals surface area contributed by atoms with E-state index >= 15 is 0 Å². The quantitative estimate of drug-likeness (QED) is 0.872. The lowest BCUT2D eigenvalue weighted by atomic mass is 10.1. The van der Waals surface area contributed by atoms with Gasteiger partial charge in [0.15, 0.2) is 0 Å². The average Bonchev–Trinajstić information content (AvgIpc) is 2.84. The number of nitrogens with one attached hydrogen (secondary N) is 1. The summed E-state index contributed by atoms with van der Waals surface area (Å²) in [5, 5.41) is 3.61. The zero-order valence-corrected chi connectivity index (χ0v) is 11.1. The molecule has 17 heavy (non-hydrogen) atoms. The first-order valence-corrected chi connectivity index (χ1v) is 6.40. The van der Waals surface area contributed by atoms with E-state index in [-0.39, 0.29) is 11.2 Å². The molecule has 0 aliphatic rings. The average molecular weight is 315 g/mol. The molecule has 1 N–H and O–H groups in total. The van der Waals surface area contributed by atoms with Crippen molar-refractivity contribution < 1.29 is 9.21 Å². The van der Waals surface area contributed by atoms with Crippen LogP contribution in [0.1, 0.15) is 0 Å². The molecule has 0 saturated carbocycles. The van der Waals surface area contributed by atoms with Gasteiger partial charge in [-0.15, -0.1) is 0 Å². The molecule has 2 aromatic rings. The Morgan fingerprint density at radius 2 is 2.24 bits per heavy atom. The van der Waals surface area contributed by atoms with Crippen LogP contribution in [0.4, 0.5) is 5.69 Å². The first kappa shape index (κ1) is 12.2. The predicted molar refractivity (Wildman–Crippen MR) is 71.6 cm³/mol. The van der Waals surface area contributed by atoms with Gasteiger partial charge in [-0.25, -0.2) is 0 Å². The molecule has 0 aliphatic carbocycles. The van der Waals surface area contributed by atoms with Crippen LogP contribution in [0, 0.1) is 0 Å². The zero-order chi connectivity index (χ0) is 12.3. The van der Waals surface area contributed by atoms with Gasteiger partial charge in [0, 0.05) is 10.6 Å². The van der Waals surface area contributed by atoms with E-state index < -0.39 is 0 Å². The number of benzene rings is 1. The summed E-state index contributed by atoms with van der Waals surface area (Å²) in [5.41, 5.74) is 1.44. The number of carbonyl (C=O) groups excluding carboxylic acids is 1. The number of carbonyl (C=O) groups is 1. The van der Waals surface area contributed by atoms with Crippen molar-refractivity contribution >= 4 is 39.1 Å². The number of anilines is 1. The fourth-order valence-corrected chi connectivity index (χ4v) is 1.76. The summed E-state index contributed by atoms with van der Waals surface area (Å²) in [5.74, 6) is 0.539. The highest BCUT2D eigenvalue weighted by atomic mass is 79.9. The second-order valence-corrected chi connectivity index (χ2v) is 4.35. The summed E-state index contributed by atoms with van der Waals surface area (Å²) in [6, 6.07) is 8.82. The first-order chi connectivity index (χ1) is 8.20. The van der Waals surface area contributed by atoms with E-state index in [4.69, 9.17) is 16.0 Å². The molecule has 0 aliphatic heterocycles. The number of rotatable bonds is 3. The molecule has 0 bridgehead atoms. The van der Waals surface area contributed by atoms with E-state index in [1.807, 2.05) is 6.07 Å². The van der Waals surface area contributed by atoms with E-state index in [0.717, 1.165) is 5.56 Å². The minimum absolute atomic E-state index is 0.125. The monoisotopic (exact) mass is 313 g/mol. The van der Waals surface area contributed by atoms with Crippen LogP contribution in [0.2, 0.25) is 5.02 Å². The molecule has 88 valence electrons. The molecular weight excluding hydrogens is 305 g/mol. The van der Waals surface area contributed by atoms with Crippen molar-refractivity contribution in [2.45, 2.75) is 0 Å². The lowest BCUT2D eigenvalue weighted by Crippen LogP contribution is -2.12. The van der Waals surface area contributed by atoms with Crippen LogP contribution in [0.5, 0.6) is 0 Å². The van der Waals surface area contributed by atoms with Gasteiger partial charge in [-0.1, -0.05) is 27.5 Å². The molecule has 0 spiro atoms. The van der Waals surface area contributed by atoms with E-state index in [2.05, 4.69) is 21.2 Å². The molecule has 0 saturated heterocycles. The summed E-state index contributed by atoms with van der Waals surface area (Å²) in [6.45, 7) is 0. The Hall–Kier alpha value is -1.26. The highest BCUT2D eigenvalue weighted by molar-refractivity contribution is 9.09. The normalized spacial score (nSPS) is 10.2. The van der Waals surface area contributed by atoms with Crippen LogP contribution < -0.4 is 5.32 Å². The van der Waals surface area contributed by atoms with Crippen molar-refractivity contribution in [3.63, 3.8) is 0 Å². The predicted octanol–water partition coefficient (Wildman–Crippen LogP) is 3.93. The zero-order valence-electron chi connectivity index (χ0n) is 8.74. The van der Waals surface area contributed by atoms with Gasteiger partial charge in [-0.3, -0.25) is 4.79 Å². The van der Waals surface area contributed by atoms with Gasteiger partial charge in [-0.2, -0.15) is 0 Å². The van der Waals surface area contributed by atoms with Crippen LogP contribution in [0.15, 0.2) is 41.0 Å². The lowest BCUT2D eigenvalue weighted by Gasteiger charge is -2.08. The Morgan fingerprint density at radius 1 is 1.41 bits per heavy atom. The summed E-state index contributed by atoms with van der Waals surface area (Å²) >= 11 is 9.04. The van der Waals surface area contributed by atoms with Crippen LogP contribution in [0.3, 0.4) is 0 Å². The van der Waals surface area contributed by atoms with Crippen molar-refractivity contribution in [1.82, 2.24) is 0 Å². The van der Waals surface area contributed by atoms with Gasteiger partial charge in [0.05, 0.1) is 17.3 Å². The van der Waals surface area contributed by atoms with Gasteiger partial charge in [0.25, 0.3) is 0 Å². The van der Waals surface area contributed by atoms with E-state index in [1.165, 1.54) is 0 Å². The molecule has 0 atom stereocenters. The van der Waals surface area contributed by atoms with Gasteiger partial charge in [0.1, 0.15) is 5.76 Å². The number of furan rings is 1. The van der Waals surface area contributed by atoms with Gasteiger partial charge >= 0.3 is 0 Å². The number of halogens is 2. The molecule has 1 aromatic heterocycles. The lowest BCUT2D eigenvalue weighted by molar-refractivity contribution is -0.113. The van der Waals surface area contributed by atoms with Crippen LogP contribution in [-0.2, 0) is 4.79 Å². The Labute approximate surface area is 112 Å². The summed E-state index contributed by atoms with van der Waals surface area (Å²) < 4.78 is 5.31. The van der Waals surface area contributed by atoms with Crippen molar-refractivity contribution in [1.29, 1.82) is 0 Å². The van der Waals surface area contributed by atoms with Crippen LogP contribution in [-0.4, -0.2) is 11.2 Å². The molecule has 0 unspecified atom stereocenters. The van der Waals surface area contributed by atoms with Gasteiger partial charge in [-0.05, 0) is 30.3 Å². The SMILES string of the molecule is O=C(CBr)Nc1ccc(Cl)cc1-c1ccco1. The summed E-state index contributed by atoms with van der Waals surface area (Å²) in [4.78, 5) is 11.4. The molecule has 2 rings (SSSR count). The Balaban J connectivity index is 2.41. The minimum atomic E-state index is -0.125. The van der Waals surface area contributed by atoms with Crippen molar-refractivity contribution in [3.8, 4) is 11.3 Å².